The van der Waals surface area contributed by atoms with E-state index in [1.807, 2.05) is 18.6 Å². The molecule has 1 aliphatic rings. The molecule has 1 N–H and O–H groups in total. The van der Waals surface area contributed by atoms with Crippen LogP contribution in [0.2, 0.25) is 0 Å². The predicted molar refractivity (Wildman–Crippen MR) is 81.5 cm³/mol. The lowest BCUT2D eigenvalue weighted by atomic mass is 9.97. The van der Waals surface area contributed by atoms with Crippen LogP contribution < -0.4 is 5.32 Å². The molecule has 112 valence electrons. The molecular weight excluding hydrogens is 265 g/mol. The van der Waals surface area contributed by atoms with Gasteiger partial charge in [-0.25, -0.2) is 9.37 Å². The van der Waals surface area contributed by atoms with Crippen LogP contribution in [0.3, 0.4) is 0 Å². The molecule has 3 nitrogen and oxygen atoms in total. The number of hydrogen-bond acceptors (Lipinski definition) is 2. The van der Waals surface area contributed by atoms with Gasteiger partial charge in [0.1, 0.15) is 5.82 Å². The molecule has 21 heavy (non-hydrogen) atoms. The predicted octanol–water partition coefficient (Wildman–Crippen LogP) is 3.47. The Kier molecular flexibility index (Phi) is 4.34. The Morgan fingerprint density at radius 2 is 2.29 bits per heavy atom. The van der Waals surface area contributed by atoms with Gasteiger partial charge in [-0.2, -0.15) is 0 Å². The molecule has 1 aromatic heterocycles. The average Bonchev–Trinajstić information content (AvgIpc) is 2.94. The highest BCUT2D eigenvalue weighted by molar-refractivity contribution is 5.17. The van der Waals surface area contributed by atoms with Crippen LogP contribution in [0.4, 0.5) is 4.39 Å². The van der Waals surface area contributed by atoms with Gasteiger partial charge in [0.05, 0.1) is 12.0 Å². The Labute approximate surface area is 125 Å². The van der Waals surface area contributed by atoms with Gasteiger partial charge in [-0.3, -0.25) is 0 Å². The average molecular weight is 287 g/mol. The summed E-state index contributed by atoms with van der Waals surface area (Å²) in [5.41, 5.74) is 2.28. The van der Waals surface area contributed by atoms with Gasteiger partial charge in [0, 0.05) is 24.8 Å². The lowest BCUT2D eigenvalue weighted by Crippen LogP contribution is -2.35. The van der Waals surface area contributed by atoms with E-state index in [1.165, 1.54) is 24.6 Å². The zero-order valence-corrected chi connectivity index (χ0v) is 12.4. The highest BCUT2D eigenvalue weighted by Crippen LogP contribution is 2.25. The monoisotopic (exact) mass is 287 g/mol. The molecule has 2 atom stereocenters. The van der Waals surface area contributed by atoms with Gasteiger partial charge in [-0.15, -0.1) is 0 Å². The maximum atomic E-state index is 13.2. The SMILES string of the molecule is CC1CCCC(c2cncn2CCc2cccc(F)c2)N1. The molecule has 0 radical (unpaired) electrons. The third-order valence-corrected chi connectivity index (χ3v) is 4.25. The van der Waals surface area contributed by atoms with E-state index in [0.29, 0.717) is 12.1 Å². The van der Waals surface area contributed by atoms with Crippen LogP contribution in [0.5, 0.6) is 0 Å². The largest absolute Gasteiger partial charge is 0.333 e. The van der Waals surface area contributed by atoms with Crippen molar-refractivity contribution in [2.24, 2.45) is 0 Å². The molecule has 2 unspecified atom stereocenters. The molecule has 2 heterocycles. The van der Waals surface area contributed by atoms with Crippen molar-refractivity contribution in [1.29, 1.82) is 0 Å². The van der Waals surface area contributed by atoms with Crippen LogP contribution in [-0.4, -0.2) is 15.6 Å². The smallest absolute Gasteiger partial charge is 0.123 e. The van der Waals surface area contributed by atoms with Gasteiger partial charge in [-0.05, 0) is 50.3 Å². The summed E-state index contributed by atoms with van der Waals surface area (Å²) < 4.78 is 15.4. The fourth-order valence-corrected chi connectivity index (χ4v) is 3.12. The zero-order valence-electron chi connectivity index (χ0n) is 12.4. The van der Waals surface area contributed by atoms with Crippen molar-refractivity contribution >= 4 is 0 Å². The van der Waals surface area contributed by atoms with Gasteiger partial charge in [0.2, 0.25) is 0 Å². The van der Waals surface area contributed by atoms with Crippen LogP contribution in [0.25, 0.3) is 0 Å². The van der Waals surface area contributed by atoms with E-state index >= 15 is 0 Å². The van der Waals surface area contributed by atoms with Crippen molar-refractivity contribution in [2.45, 2.75) is 51.2 Å². The number of nitrogens with zero attached hydrogens (tertiary/aromatic N) is 2. The van der Waals surface area contributed by atoms with Gasteiger partial charge in [-0.1, -0.05) is 12.1 Å². The fraction of sp³-hybridized carbons (Fsp3) is 0.471. The third-order valence-electron chi connectivity index (χ3n) is 4.25. The molecule has 0 spiro atoms. The maximum Gasteiger partial charge on any atom is 0.123 e. The van der Waals surface area contributed by atoms with E-state index in [4.69, 9.17) is 0 Å². The van der Waals surface area contributed by atoms with E-state index in [-0.39, 0.29) is 5.82 Å². The highest BCUT2D eigenvalue weighted by atomic mass is 19.1. The van der Waals surface area contributed by atoms with Crippen molar-refractivity contribution in [3.8, 4) is 0 Å². The van der Waals surface area contributed by atoms with Crippen molar-refractivity contribution in [3.05, 3.63) is 53.9 Å². The molecule has 3 rings (SSSR count). The number of aryl methyl sites for hydroxylation is 2. The molecule has 1 aliphatic heterocycles. The number of nitrogens with one attached hydrogen (secondary N) is 1. The molecular formula is C17H22FN3. The number of benzene rings is 1. The minimum Gasteiger partial charge on any atom is -0.333 e. The molecule has 0 bridgehead atoms. The first-order chi connectivity index (χ1) is 10.2. The highest BCUT2D eigenvalue weighted by Gasteiger charge is 2.21. The number of rotatable bonds is 4. The third kappa shape index (κ3) is 3.50. The van der Waals surface area contributed by atoms with Crippen molar-refractivity contribution < 1.29 is 4.39 Å². The van der Waals surface area contributed by atoms with Gasteiger partial charge < -0.3 is 9.88 Å². The van der Waals surface area contributed by atoms with E-state index in [2.05, 4.69) is 21.8 Å². The zero-order chi connectivity index (χ0) is 14.7. The summed E-state index contributed by atoms with van der Waals surface area (Å²) >= 11 is 0. The summed E-state index contributed by atoms with van der Waals surface area (Å²) in [5, 5.41) is 3.65. The number of halogens is 1. The van der Waals surface area contributed by atoms with E-state index in [1.54, 1.807) is 12.1 Å². The van der Waals surface area contributed by atoms with Crippen LogP contribution in [0.1, 0.15) is 43.5 Å². The minimum atomic E-state index is -0.166. The van der Waals surface area contributed by atoms with Crippen molar-refractivity contribution in [1.82, 2.24) is 14.9 Å². The summed E-state index contributed by atoms with van der Waals surface area (Å²) in [6, 6.07) is 7.79. The van der Waals surface area contributed by atoms with Gasteiger partial charge in [0.25, 0.3) is 0 Å². The Morgan fingerprint density at radius 1 is 1.38 bits per heavy atom. The first-order valence-corrected chi connectivity index (χ1v) is 7.73. The molecule has 2 aromatic rings. The summed E-state index contributed by atoms with van der Waals surface area (Å²) in [6.45, 7) is 3.07. The lowest BCUT2D eigenvalue weighted by molar-refractivity contribution is 0.329. The van der Waals surface area contributed by atoms with Crippen molar-refractivity contribution in [3.63, 3.8) is 0 Å². The maximum absolute atomic E-state index is 13.2. The van der Waals surface area contributed by atoms with Crippen molar-refractivity contribution in [2.75, 3.05) is 0 Å². The molecule has 0 amide bonds. The van der Waals surface area contributed by atoms with E-state index in [0.717, 1.165) is 24.9 Å². The summed E-state index contributed by atoms with van der Waals surface area (Å²) in [4.78, 5) is 4.30. The molecule has 1 fully saturated rings. The first kappa shape index (κ1) is 14.3. The quantitative estimate of drug-likeness (QED) is 0.933. The number of aromatic nitrogens is 2. The van der Waals surface area contributed by atoms with Crippen LogP contribution in [0, 0.1) is 5.82 Å². The second-order valence-corrected chi connectivity index (χ2v) is 5.94. The van der Waals surface area contributed by atoms with Crippen LogP contribution >= 0.6 is 0 Å². The van der Waals surface area contributed by atoms with Crippen LogP contribution in [0.15, 0.2) is 36.8 Å². The molecule has 0 saturated carbocycles. The Morgan fingerprint density at radius 3 is 3.10 bits per heavy atom. The molecule has 0 aliphatic carbocycles. The summed E-state index contributed by atoms with van der Waals surface area (Å²) in [5.74, 6) is -0.166. The van der Waals surface area contributed by atoms with E-state index in [9.17, 15) is 4.39 Å². The van der Waals surface area contributed by atoms with Crippen LogP contribution in [-0.2, 0) is 13.0 Å². The lowest BCUT2D eigenvalue weighted by Gasteiger charge is -2.29. The number of piperidine rings is 1. The molecule has 4 heteroatoms. The minimum absolute atomic E-state index is 0.166. The fourth-order valence-electron chi connectivity index (χ4n) is 3.12. The Balaban J connectivity index is 1.68. The summed E-state index contributed by atoms with van der Waals surface area (Å²) in [7, 11) is 0. The normalized spacial score (nSPS) is 22.4. The Hall–Kier alpha value is -1.68. The molecule has 1 saturated heterocycles. The topological polar surface area (TPSA) is 29.9 Å². The first-order valence-electron chi connectivity index (χ1n) is 7.73. The van der Waals surface area contributed by atoms with Gasteiger partial charge >= 0.3 is 0 Å². The second-order valence-electron chi connectivity index (χ2n) is 5.94. The standard InChI is InChI=1S/C17H22FN3/c1-13-4-2-7-16(20-13)17-11-19-12-21(17)9-8-14-5-3-6-15(18)10-14/h3,5-6,10-13,16,20H,2,4,7-9H2,1H3. The van der Waals surface area contributed by atoms with E-state index < -0.39 is 0 Å². The second kappa shape index (κ2) is 6.39. The molecule has 1 aromatic carbocycles. The number of imidazole rings is 1. The summed E-state index contributed by atoms with van der Waals surface area (Å²) in [6.07, 6.45) is 8.33. The Bertz CT molecular complexity index is 593. The number of hydrogen-bond donors (Lipinski definition) is 1. The van der Waals surface area contributed by atoms with Gasteiger partial charge in [0.15, 0.2) is 0 Å².